The van der Waals surface area contributed by atoms with Crippen molar-refractivity contribution in [3.05, 3.63) is 59.9 Å². The third kappa shape index (κ3) is 4.42. The normalized spacial score (nSPS) is 14.3. The largest absolute Gasteiger partial charge is 0.351 e. The van der Waals surface area contributed by atoms with Gasteiger partial charge in [0.25, 0.3) is 0 Å². The lowest BCUT2D eigenvalue weighted by Gasteiger charge is -2.15. The molecule has 0 aliphatic heterocycles. The van der Waals surface area contributed by atoms with Crippen LogP contribution < -0.4 is 10.6 Å². The van der Waals surface area contributed by atoms with Crippen molar-refractivity contribution in [3.8, 4) is 11.3 Å². The number of anilines is 3. The quantitative estimate of drug-likeness (QED) is 0.651. The van der Waals surface area contributed by atoms with Crippen molar-refractivity contribution in [1.29, 1.82) is 0 Å². The van der Waals surface area contributed by atoms with E-state index in [9.17, 15) is 0 Å². The van der Waals surface area contributed by atoms with E-state index in [1.807, 2.05) is 24.4 Å². The third-order valence-corrected chi connectivity index (χ3v) is 4.87. The standard InChI is InChI=1S/C22H25N5/c1-15-10-16(2)12-19(11-15)24-21-13-20(17-6-5-9-23-14-17)26-22(27-21)25-18-7-3-4-8-18/h5-6,9-14,18H,3-4,7-8H2,1-2H3,(H2,24,25,26,27). The van der Waals surface area contributed by atoms with Gasteiger partial charge >= 0.3 is 0 Å². The van der Waals surface area contributed by atoms with Crippen LogP contribution in [-0.2, 0) is 0 Å². The second kappa shape index (κ2) is 7.74. The van der Waals surface area contributed by atoms with E-state index in [4.69, 9.17) is 9.97 Å². The molecule has 0 unspecified atom stereocenters. The number of aryl methyl sites for hydroxylation is 2. The highest BCUT2D eigenvalue weighted by molar-refractivity contribution is 5.67. The van der Waals surface area contributed by atoms with Crippen LogP contribution in [0.4, 0.5) is 17.5 Å². The van der Waals surface area contributed by atoms with Crippen LogP contribution in [0, 0.1) is 13.8 Å². The minimum Gasteiger partial charge on any atom is -0.351 e. The van der Waals surface area contributed by atoms with Gasteiger partial charge in [0.15, 0.2) is 0 Å². The van der Waals surface area contributed by atoms with Crippen molar-refractivity contribution >= 4 is 17.5 Å². The first-order chi connectivity index (χ1) is 13.2. The summed E-state index contributed by atoms with van der Waals surface area (Å²) >= 11 is 0. The van der Waals surface area contributed by atoms with Crippen LogP contribution in [0.15, 0.2) is 48.8 Å². The molecule has 1 saturated carbocycles. The molecule has 1 fully saturated rings. The Labute approximate surface area is 160 Å². The van der Waals surface area contributed by atoms with Gasteiger partial charge in [0.2, 0.25) is 5.95 Å². The van der Waals surface area contributed by atoms with E-state index in [2.05, 4.69) is 47.7 Å². The van der Waals surface area contributed by atoms with Gasteiger partial charge in [-0.3, -0.25) is 4.98 Å². The summed E-state index contributed by atoms with van der Waals surface area (Å²) < 4.78 is 0. The molecule has 4 rings (SSSR count). The number of rotatable bonds is 5. The Balaban J connectivity index is 1.68. The molecule has 5 nitrogen and oxygen atoms in total. The highest BCUT2D eigenvalue weighted by atomic mass is 15.2. The lowest BCUT2D eigenvalue weighted by molar-refractivity contribution is 0.744. The molecular weight excluding hydrogens is 334 g/mol. The van der Waals surface area contributed by atoms with E-state index in [-0.39, 0.29) is 0 Å². The maximum absolute atomic E-state index is 4.74. The van der Waals surface area contributed by atoms with Crippen molar-refractivity contribution in [2.45, 2.75) is 45.6 Å². The molecule has 2 aromatic heterocycles. The van der Waals surface area contributed by atoms with Gasteiger partial charge in [-0.1, -0.05) is 18.9 Å². The van der Waals surface area contributed by atoms with E-state index >= 15 is 0 Å². The average Bonchev–Trinajstić information content (AvgIpc) is 3.14. The Hall–Kier alpha value is -2.95. The number of nitrogens with zero attached hydrogens (tertiary/aromatic N) is 3. The molecule has 0 amide bonds. The number of pyridine rings is 1. The highest BCUT2D eigenvalue weighted by Crippen LogP contribution is 2.26. The zero-order valence-corrected chi connectivity index (χ0v) is 15.9. The number of nitrogens with one attached hydrogen (secondary N) is 2. The Morgan fingerprint density at radius 2 is 1.74 bits per heavy atom. The van der Waals surface area contributed by atoms with E-state index in [0.717, 1.165) is 22.8 Å². The van der Waals surface area contributed by atoms with Gasteiger partial charge in [-0.05, 0) is 62.1 Å². The minimum atomic E-state index is 0.461. The minimum absolute atomic E-state index is 0.461. The summed E-state index contributed by atoms with van der Waals surface area (Å²) in [7, 11) is 0. The molecule has 138 valence electrons. The van der Waals surface area contributed by atoms with Crippen LogP contribution in [-0.4, -0.2) is 21.0 Å². The Bertz CT molecular complexity index is 897. The van der Waals surface area contributed by atoms with Crippen molar-refractivity contribution in [1.82, 2.24) is 15.0 Å². The molecule has 0 bridgehead atoms. The van der Waals surface area contributed by atoms with Gasteiger partial charge in [0, 0.05) is 35.8 Å². The molecule has 1 aliphatic carbocycles. The Kier molecular flexibility index (Phi) is 5.01. The lowest BCUT2D eigenvalue weighted by Crippen LogP contribution is -2.17. The zero-order chi connectivity index (χ0) is 18.6. The predicted octanol–water partition coefficient (Wildman–Crippen LogP) is 5.25. The summed E-state index contributed by atoms with van der Waals surface area (Å²) in [5, 5.41) is 6.97. The van der Waals surface area contributed by atoms with Gasteiger partial charge in [-0.15, -0.1) is 0 Å². The molecule has 0 saturated heterocycles. The highest BCUT2D eigenvalue weighted by Gasteiger charge is 2.17. The first kappa shape index (κ1) is 17.5. The molecule has 0 radical (unpaired) electrons. The molecule has 1 aliphatic rings. The van der Waals surface area contributed by atoms with Crippen molar-refractivity contribution in [2.75, 3.05) is 10.6 Å². The van der Waals surface area contributed by atoms with Crippen molar-refractivity contribution in [2.24, 2.45) is 0 Å². The third-order valence-electron chi connectivity index (χ3n) is 4.87. The Morgan fingerprint density at radius 1 is 0.963 bits per heavy atom. The summed E-state index contributed by atoms with van der Waals surface area (Å²) in [4.78, 5) is 13.7. The molecule has 5 heteroatoms. The Morgan fingerprint density at radius 3 is 2.44 bits per heavy atom. The van der Waals surface area contributed by atoms with E-state index < -0.39 is 0 Å². The van der Waals surface area contributed by atoms with Crippen LogP contribution >= 0.6 is 0 Å². The summed E-state index contributed by atoms with van der Waals surface area (Å²) in [5.41, 5.74) is 5.34. The van der Waals surface area contributed by atoms with Gasteiger partial charge in [-0.2, -0.15) is 4.98 Å². The second-order valence-electron chi connectivity index (χ2n) is 7.33. The summed E-state index contributed by atoms with van der Waals surface area (Å²) in [5.74, 6) is 1.46. The fourth-order valence-electron chi connectivity index (χ4n) is 3.69. The average molecular weight is 359 g/mol. The zero-order valence-electron chi connectivity index (χ0n) is 15.9. The van der Waals surface area contributed by atoms with Gasteiger partial charge in [-0.25, -0.2) is 4.98 Å². The van der Waals surface area contributed by atoms with Gasteiger partial charge in [0.05, 0.1) is 5.69 Å². The van der Waals surface area contributed by atoms with Gasteiger partial charge < -0.3 is 10.6 Å². The number of hydrogen-bond acceptors (Lipinski definition) is 5. The molecule has 2 N–H and O–H groups in total. The van der Waals surface area contributed by atoms with Crippen LogP contribution in [0.3, 0.4) is 0 Å². The van der Waals surface area contributed by atoms with Crippen LogP contribution in [0.25, 0.3) is 11.3 Å². The van der Waals surface area contributed by atoms with Crippen LogP contribution in [0.1, 0.15) is 36.8 Å². The number of hydrogen-bond donors (Lipinski definition) is 2. The fourth-order valence-corrected chi connectivity index (χ4v) is 3.69. The summed E-state index contributed by atoms with van der Waals surface area (Å²) in [6.45, 7) is 4.21. The molecule has 27 heavy (non-hydrogen) atoms. The first-order valence-electron chi connectivity index (χ1n) is 9.57. The lowest BCUT2D eigenvalue weighted by atomic mass is 10.1. The van der Waals surface area contributed by atoms with Crippen molar-refractivity contribution < 1.29 is 0 Å². The molecule has 0 atom stereocenters. The maximum atomic E-state index is 4.74. The van der Waals surface area contributed by atoms with E-state index in [1.165, 1.54) is 36.8 Å². The fraction of sp³-hybridized carbons (Fsp3) is 0.318. The molecule has 0 spiro atoms. The maximum Gasteiger partial charge on any atom is 0.225 e. The molecular formula is C22H25N5. The predicted molar refractivity (Wildman–Crippen MR) is 110 cm³/mol. The SMILES string of the molecule is Cc1cc(C)cc(Nc2cc(-c3cccnc3)nc(NC3CCCC3)n2)c1. The molecule has 1 aromatic carbocycles. The second-order valence-corrected chi connectivity index (χ2v) is 7.33. The molecule has 2 heterocycles. The van der Waals surface area contributed by atoms with Gasteiger partial charge in [0.1, 0.15) is 5.82 Å². The summed E-state index contributed by atoms with van der Waals surface area (Å²) in [6, 6.07) is 12.8. The monoisotopic (exact) mass is 359 g/mol. The van der Waals surface area contributed by atoms with Crippen LogP contribution in [0.5, 0.6) is 0 Å². The first-order valence-corrected chi connectivity index (χ1v) is 9.57. The van der Waals surface area contributed by atoms with E-state index in [1.54, 1.807) is 6.20 Å². The van der Waals surface area contributed by atoms with Crippen LogP contribution in [0.2, 0.25) is 0 Å². The van der Waals surface area contributed by atoms with Crippen molar-refractivity contribution in [3.63, 3.8) is 0 Å². The molecule has 3 aromatic rings. The number of aromatic nitrogens is 3. The summed E-state index contributed by atoms with van der Waals surface area (Å²) in [6.07, 6.45) is 8.52. The topological polar surface area (TPSA) is 62.7 Å². The number of benzene rings is 1. The van der Waals surface area contributed by atoms with E-state index in [0.29, 0.717) is 12.0 Å². The smallest absolute Gasteiger partial charge is 0.225 e.